The van der Waals surface area contributed by atoms with Gasteiger partial charge >= 0.3 is 6.09 Å². The maximum absolute atomic E-state index is 12.8. The van der Waals surface area contributed by atoms with Crippen molar-refractivity contribution in [2.75, 3.05) is 13.7 Å². The third kappa shape index (κ3) is 6.49. The molecule has 0 bridgehead atoms. The third-order valence-corrected chi connectivity index (χ3v) is 5.97. The molecular weight excluding hydrogens is 416 g/mol. The molecule has 2 amide bonds. The number of amides is 2. The molecule has 164 valence electrons. The Bertz CT molecular complexity index is 904. The van der Waals surface area contributed by atoms with E-state index in [4.69, 9.17) is 9.47 Å². The minimum Gasteiger partial charge on any atom is -0.497 e. The molecule has 2 atom stereocenters. The molecule has 8 heteroatoms. The predicted molar refractivity (Wildman–Crippen MR) is 119 cm³/mol. The summed E-state index contributed by atoms with van der Waals surface area (Å²) in [7, 11) is 1.58. The first kappa shape index (κ1) is 22.7. The Balaban J connectivity index is 1.62. The normalized spacial score (nSPS) is 17.8. The lowest BCUT2D eigenvalue weighted by Gasteiger charge is -2.23. The van der Waals surface area contributed by atoms with Gasteiger partial charge in [0.15, 0.2) is 5.12 Å². The number of likely N-dealkylation sites (tertiary alicyclic amines) is 1. The Morgan fingerprint density at radius 1 is 1.06 bits per heavy atom. The van der Waals surface area contributed by atoms with Crippen LogP contribution in [0.15, 0.2) is 54.6 Å². The molecular formula is C23H26N2O5S. The zero-order valence-corrected chi connectivity index (χ0v) is 18.4. The van der Waals surface area contributed by atoms with E-state index in [2.05, 4.69) is 5.32 Å². The van der Waals surface area contributed by atoms with Crippen molar-refractivity contribution in [1.82, 2.24) is 10.2 Å². The molecule has 31 heavy (non-hydrogen) atoms. The molecule has 0 spiro atoms. The summed E-state index contributed by atoms with van der Waals surface area (Å²) in [6, 6.07) is 16.1. The highest BCUT2D eigenvalue weighted by atomic mass is 32.2. The number of thioether (sulfide) groups is 1. The van der Waals surface area contributed by atoms with E-state index in [0.717, 1.165) is 22.9 Å². The van der Waals surface area contributed by atoms with Crippen LogP contribution in [0.2, 0.25) is 0 Å². The smallest absolute Gasteiger partial charge is 0.410 e. The molecule has 0 unspecified atom stereocenters. The van der Waals surface area contributed by atoms with E-state index in [0.29, 0.717) is 18.7 Å². The molecule has 1 aliphatic rings. The largest absolute Gasteiger partial charge is 0.497 e. The van der Waals surface area contributed by atoms with Gasteiger partial charge in [0.1, 0.15) is 18.4 Å². The van der Waals surface area contributed by atoms with Gasteiger partial charge in [0.2, 0.25) is 5.91 Å². The molecule has 0 aliphatic carbocycles. The van der Waals surface area contributed by atoms with Gasteiger partial charge in [0.05, 0.1) is 7.11 Å². The van der Waals surface area contributed by atoms with Crippen LogP contribution in [0.25, 0.3) is 0 Å². The molecule has 1 N–H and O–H groups in total. The van der Waals surface area contributed by atoms with Crippen LogP contribution in [0, 0.1) is 0 Å². The van der Waals surface area contributed by atoms with Crippen LogP contribution in [0.3, 0.4) is 0 Å². The van der Waals surface area contributed by atoms with Gasteiger partial charge < -0.3 is 14.8 Å². The maximum Gasteiger partial charge on any atom is 0.410 e. The molecule has 7 nitrogen and oxygen atoms in total. The molecule has 1 aliphatic heterocycles. The molecule has 3 rings (SSSR count). The number of carbonyl (C=O) groups is 3. The Labute approximate surface area is 186 Å². The fraction of sp³-hybridized carbons (Fsp3) is 0.348. The molecule has 1 fully saturated rings. The van der Waals surface area contributed by atoms with Gasteiger partial charge in [-0.15, -0.1) is 0 Å². The Hall–Kier alpha value is -3.00. The monoisotopic (exact) mass is 442 g/mol. The van der Waals surface area contributed by atoms with E-state index in [1.807, 2.05) is 42.5 Å². The van der Waals surface area contributed by atoms with Crippen LogP contribution in [-0.4, -0.2) is 47.0 Å². The lowest BCUT2D eigenvalue weighted by Crippen LogP contribution is -2.45. The standard InChI is InChI=1S/C23H26N2O5S/c1-16(26)31-20-12-21(22(27)24-13-17-6-4-3-5-7-17)25(14-20)23(28)30-15-18-8-10-19(29-2)11-9-18/h3-11,20-21H,12-15H2,1-2H3,(H,24,27)/t20-,21-/m0/s1. The van der Waals surface area contributed by atoms with Crippen molar-refractivity contribution < 1.29 is 23.9 Å². The topological polar surface area (TPSA) is 84.9 Å². The number of nitrogens with one attached hydrogen (secondary N) is 1. The van der Waals surface area contributed by atoms with Crippen molar-refractivity contribution in [3.8, 4) is 5.75 Å². The van der Waals surface area contributed by atoms with Crippen LogP contribution >= 0.6 is 11.8 Å². The van der Waals surface area contributed by atoms with E-state index in [9.17, 15) is 14.4 Å². The fourth-order valence-corrected chi connectivity index (χ4v) is 4.40. The van der Waals surface area contributed by atoms with Crippen molar-refractivity contribution in [2.24, 2.45) is 0 Å². The van der Waals surface area contributed by atoms with Crippen molar-refractivity contribution in [3.05, 3.63) is 65.7 Å². The average molecular weight is 443 g/mol. The van der Waals surface area contributed by atoms with Crippen molar-refractivity contribution in [1.29, 1.82) is 0 Å². The van der Waals surface area contributed by atoms with Gasteiger partial charge in [-0.2, -0.15) is 0 Å². The number of nitrogens with zero attached hydrogens (tertiary/aromatic N) is 1. The Morgan fingerprint density at radius 2 is 1.77 bits per heavy atom. The molecule has 0 saturated carbocycles. The number of hydrogen-bond donors (Lipinski definition) is 1. The van der Waals surface area contributed by atoms with Gasteiger partial charge in [0, 0.05) is 25.3 Å². The molecule has 0 aromatic heterocycles. The van der Waals surface area contributed by atoms with Crippen LogP contribution in [-0.2, 0) is 27.5 Å². The lowest BCUT2D eigenvalue weighted by atomic mass is 10.2. The zero-order valence-electron chi connectivity index (χ0n) is 17.6. The summed E-state index contributed by atoms with van der Waals surface area (Å²) >= 11 is 1.16. The molecule has 1 saturated heterocycles. The Kier molecular flexibility index (Phi) is 7.94. The number of ether oxygens (including phenoxy) is 2. The highest BCUT2D eigenvalue weighted by Crippen LogP contribution is 2.29. The summed E-state index contributed by atoms with van der Waals surface area (Å²) in [4.78, 5) is 38.6. The molecule has 1 heterocycles. The molecule has 0 radical (unpaired) electrons. The van der Waals surface area contributed by atoms with Gasteiger partial charge in [-0.1, -0.05) is 54.2 Å². The molecule has 2 aromatic carbocycles. The quantitative estimate of drug-likeness (QED) is 0.708. The van der Waals surface area contributed by atoms with Crippen LogP contribution in [0.4, 0.5) is 4.79 Å². The predicted octanol–water partition coefficient (Wildman–Crippen LogP) is 3.37. The summed E-state index contributed by atoms with van der Waals surface area (Å²) in [6.07, 6.45) is -0.162. The minimum absolute atomic E-state index is 0.0399. The average Bonchev–Trinajstić information content (AvgIpc) is 3.20. The first-order chi connectivity index (χ1) is 15.0. The highest BCUT2D eigenvalue weighted by Gasteiger charge is 2.41. The second kappa shape index (κ2) is 10.9. The van der Waals surface area contributed by atoms with Crippen LogP contribution in [0.5, 0.6) is 5.75 Å². The second-order valence-electron chi connectivity index (χ2n) is 7.24. The number of carbonyl (C=O) groups excluding carboxylic acids is 3. The van der Waals surface area contributed by atoms with Gasteiger partial charge in [-0.05, 0) is 29.7 Å². The van der Waals surface area contributed by atoms with Gasteiger partial charge in [-0.3, -0.25) is 14.5 Å². The summed E-state index contributed by atoms with van der Waals surface area (Å²) in [5.74, 6) is 0.464. The summed E-state index contributed by atoms with van der Waals surface area (Å²) in [5, 5.41) is 2.71. The van der Waals surface area contributed by atoms with E-state index >= 15 is 0 Å². The number of hydrogen-bond acceptors (Lipinski definition) is 6. The second-order valence-corrected chi connectivity index (χ2v) is 8.72. The molecule has 2 aromatic rings. The number of benzene rings is 2. The van der Waals surface area contributed by atoms with E-state index in [-0.39, 0.29) is 29.4 Å². The minimum atomic E-state index is -0.677. The van der Waals surface area contributed by atoms with Gasteiger partial charge in [0.25, 0.3) is 0 Å². The SMILES string of the molecule is COc1ccc(COC(=O)N2C[C@@H](SC(C)=O)C[C@H]2C(=O)NCc2ccccc2)cc1. The van der Waals surface area contributed by atoms with Crippen molar-refractivity contribution in [3.63, 3.8) is 0 Å². The fourth-order valence-electron chi connectivity index (χ4n) is 3.42. The lowest BCUT2D eigenvalue weighted by molar-refractivity contribution is -0.125. The van der Waals surface area contributed by atoms with Crippen molar-refractivity contribution >= 4 is 28.9 Å². The van der Waals surface area contributed by atoms with Crippen LogP contribution < -0.4 is 10.1 Å². The number of methoxy groups -OCH3 is 1. The van der Waals surface area contributed by atoms with Crippen molar-refractivity contribution in [2.45, 2.75) is 37.8 Å². The summed E-state index contributed by atoms with van der Waals surface area (Å²) in [6.45, 7) is 2.23. The first-order valence-corrected chi connectivity index (χ1v) is 10.9. The van der Waals surface area contributed by atoms with Crippen LogP contribution in [0.1, 0.15) is 24.5 Å². The highest BCUT2D eigenvalue weighted by molar-refractivity contribution is 8.14. The Morgan fingerprint density at radius 3 is 2.42 bits per heavy atom. The summed E-state index contributed by atoms with van der Waals surface area (Å²) < 4.78 is 10.6. The van der Waals surface area contributed by atoms with E-state index in [1.165, 1.54) is 11.8 Å². The third-order valence-electron chi connectivity index (χ3n) is 4.96. The van der Waals surface area contributed by atoms with E-state index in [1.54, 1.807) is 19.2 Å². The zero-order chi connectivity index (χ0) is 22.2. The van der Waals surface area contributed by atoms with Gasteiger partial charge in [-0.25, -0.2) is 4.79 Å². The van der Waals surface area contributed by atoms with E-state index < -0.39 is 12.1 Å². The summed E-state index contributed by atoms with van der Waals surface area (Å²) in [5.41, 5.74) is 1.78. The number of rotatable bonds is 7. The first-order valence-electron chi connectivity index (χ1n) is 10.0. The maximum atomic E-state index is 12.8.